The summed E-state index contributed by atoms with van der Waals surface area (Å²) < 4.78 is 1.62. The molecule has 1 unspecified atom stereocenters. The lowest BCUT2D eigenvalue weighted by Gasteiger charge is -2.19. The molecule has 1 aromatic carbocycles. The van der Waals surface area contributed by atoms with Gasteiger partial charge in [-0.1, -0.05) is 43.3 Å². The first-order chi connectivity index (χ1) is 16.0. The van der Waals surface area contributed by atoms with Crippen molar-refractivity contribution in [3.63, 3.8) is 0 Å². The van der Waals surface area contributed by atoms with Crippen LogP contribution in [0.15, 0.2) is 65.6 Å². The van der Waals surface area contributed by atoms with E-state index in [0.29, 0.717) is 29.3 Å². The number of aromatic nitrogens is 5. The Morgan fingerprint density at radius 1 is 1.15 bits per heavy atom. The van der Waals surface area contributed by atoms with Crippen molar-refractivity contribution >= 4 is 5.91 Å². The molecular formula is C25H26N6O2. The number of hydrogen-bond acceptors (Lipinski definition) is 5. The van der Waals surface area contributed by atoms with E-state index in [-0.39, 0.29) is 17.5 Å². The maximum Gasteiger partial charge on any atom is 0.270 e. The van der Waals surface area contributed by atoms with E-state index >= 15 is 0 Å². The van der Waals surface area contributed by atoms with Gasteiger partial charge in [0.05, 0.1) is 17.4 Å². The molecule has 0 spiro atoms. The van der Waals surface area contributed by atoms with Gasteiger partial charge >= 0.3 is 0 Å². The minimum Gasteiger partial charge on any atom is -0.344 e. The number of hydrogen-bond donors (Lipinski definition) is 2. The van der Waals surface area contributed by atoms with Crippen LogP contribution in [0.25, 0.3) is 11.5 Å². The molecule has 3 heterocycles. The van der Waals surface area contributed by atoms with Gasteiger partial charge in [0, 0.05) is 31.3 Å². The lowest BCUT2D eigenvalue weighted by atomic mass is 10.0. The summed E-state index contributed by atoms with van der Waals surface area (Å²) >= 11 is 0. The molecule has 0 aliphatic rings. The summed E-state index contributed by atoms with van der Waals surface area (Å²) in [6.45, 7) is 3.93. The van der Waals surface area contributed by atoms with E-state index in [9.17, 15) is 9.59 Å². The van der Waals surface area contributed by atoms with Gasteiger partial charge in [0.25, 0.3) is 11.5 Å². The topological polar surface area (TPSA) is 106 Å². The highest BCUT2D eigenvalue weighted by atomic mass is 16.2. The van der Waals surface area contributed by atoms with Crippen LogP contribution in [-0.4, -0.2) is 30.6 Å². The van der Waals surface area contributed by atoms with Crippen LogP contribution in [0.1, 0.15) is 46.0 Å². The maximum atomic E-state index is 13.3. The van der Waals surface area contributed by atoms with E-state index in [2.05, 4.69) is 25.4 Å². The van der Waals surface area contributed by atoms with Crippen LogP contribution < -0.4 is 10.9 Å². The number of amides is 1. The fourth-order valence-corrected chi connectivity index (χ4v) is 3.95. The molecule has 8 heteroatoms. The summed E-state index contributed by atoms with van der Waals surface area (Å²) in [4.78, 5) is 37.3. The summed E-state index contributed by atoms with van der Waals surface area (Å²) in [6, 6.07) is 16.2. The third kappa shape index (κ3) is 4.90. The molecule has 4 rings (SSSR count). The first-order valence-corrected chi connectivity index (χ1v) is 10.9. The van der Waals surface area contributed by atoms with Crippen molar-refractivity contribution in [2.75, 3.05) is 0 Å². The third-order valence-corrected chi connectivity index (χ3v) is 5.56. The average Bonchev–Trinajstić information content (AvgIpc) is 3.12. The molecular weight excluding hydrogens is 416 g/mol. The third-order valence-electron chi connectivity index (χ3n) is 5.56. The van der Waals surface area contributed by atoms with Crippen molar-refractivity contribution in [2.45, 2.75) is 32.7 Å². The van der Waals surface area contributed by atoms with Gasteiger partial charge in [0.1, 0.15) is 11.4 Å². The minimum absolute atomic E-state index is 0.217. The van der Waals surface area contributed by atoms with Crippen LogP contribution in [0.3, 0.4) is 0 Å². The van der Waals surface area contributed by atoms with E-state index < -0.39 is 0 Å². The standard InChI is InChI=1S/C25H26N6O2/c1-4-19-16(2)23(31(3)30-19)25(33)28-21(17-10-6-5-7-11-17)14-18-15-22(32)29-24(27-18)20-12-8-9-13-26-20/h5-13,15,21H,4,14H2,1-3H3,(H,28,33)(H,27,29,32). The SMILES string of the molecule is CCc1nn(C)c(C(=O)NC(Cc2cc(=O)[nH]c(-c3ccccn3)n2)c2ccccc2)c1C. The second-order valence-electron chi connectivity index (χ2n) is 7.84. The quantitative estimate of drug-likeness (QED) is 0.457. The highest BCUT2D eigenvalue weighted by molar-refractivity contribution is 5.94. The highest BCUT2D eigenvalue weighted by Gasteiger charge is 2.23. The Bertz CT molecular complexity index is 1310. The monoisotopic (exact) mass is 442 g/mol. The van der Waals surface area contributed by atoms with Crippen LogP contribution in [0.5, 0.6) is 0 Å². The van der Waals surface area contributed by atoms with E-state index in [1.807, 2.05) is 50.2 Å². The van der Waals surface area contributed by atoms with Gasteiger partial charge in [-0.3, -0.25) is 19.3 Å². The molecule has 1 amide bonds. The number of aryl methyl sites for hydroxylation is 2. The van der Waals surface area contributed by atoms with Crippen LogP contribution in [0.4, 0.5) is 0 Å². The van der Waals surface area contributed by atoms with Crippen molar-refractivity contribution in [1.82, 2.24) is 30.0 Å². The molecule has 0 bridgehead atoms. The molecule has 1 atom stereocenters. The molecule has 33 heavy (non-hydrogen) atoms. The molecule has 0 radical (unpaired) electrons. The fraction of sp³-hybridized carbons (Fsp3) is 0.240. The Morgan fingerprint density at radius 2 is 1.91 bits per heavy atom. The Balaban J connectivity index is 1.67. The van der Waals surface area contributed by atoms with E-state index in [1.165, 1.54) is 6.07 Å². The first-order valence-electron chi connectivity index (χ1n) is 10.9. The summed E-state index contributed by atoms with van der Waals surface area (Å²) in [5, 5.41) is 7.59. The molecule has 168 valence electrons. The second-order valence-corrected chi connectivity index (χ2v) is 7.84. The zero-order valence-electron chi connectivity index (χ0n) is 18.9. The van der Waals surface area contributed by atoms with Crippen molar-refractivity contribution in [2.24, 2.45) is 7.05 Å². The predicted octanol–water partition coefficient (Wildman–Crippen LogP) is 3.15. The molecule has 8 nitrogen and oxygen atoms in total. The number of carbonyl (C=O) groups is 1. The van der Waals surface area contributed by atoms with Crippen molar-refractivity contribution < 1.29 is 4.79 Å². The molecule has 3 aromatic heterocycles. The Kier molecular flexibility index (Phi) is 6.44. The number of benzene rings is 1. The Hall–Kier alpha value is -4.07. The number of carbonyl (C=O) groups excluding carboxylic acids is 1. The number of rotatable bonds is 7. The molecule has 0 saturated heterocycles. The van der Waals surface area contributed by atoms with Gasteiger partial charge in [-0.25, -0.2) is 4.98 Å². The van der Waals surface area contributed by atoms with Crippen LogP contribution >= 0.6 is 0 Å². The van der Waals surface area contributed by atoms with Crippen molar-refractivity contribution in [3.05, 3.63) is 99.4 Å². The van der Waals surface area contributed by atoms with Crippen LogP contribution in [-0.2, 0) is 19.9 Å². The lowest BCUT2D eigenvalue weighted by Crippen LogP contribution is -2.32. The number of aromatic amines is 1. The summed E-state index contributed by atoms with van der Waals surface area (Å²) in [7, 11) is 1.77. The van der Waals surface area contributed by atoms with Gasteiger partial charge in [-0.15, -0.1) is 0 Å². The molecule has 0 aliphatic heterocycles. The minimum atomic E-state index is -0.385. The smallest absolute Gasteiger partial charge is 0.270 e. The van der Waals surface area contributed by atoms with Crippen LogP contribution in [0, 0.1) is 6.92 Å². The van der Waals surface area contributed by atoms with Crippen molar-refractivity contribution in [3.8, 4) is 11.5 Å². The molecule has 4 aromatic rings. The summed E-state index contributed by atoms with van der Waals surface area (Å²) in [5.41, 5.74) is 4.09. The van der Waals surface area contributed by atoms with Gasteiger partial charge in [0.15, 0.2) is 5.82 Å². The van der Waals surface area contributed by atoms with Gasteiger partial charge in [0.2, 0.25) is 0 Å². The van der Waals surface area contributed by atoms with Gasteiger partial charge in [-0.05, 0) is 31.0 Å². The number of H-pyrrole nitrogens is 1. The lowest BCUT2D eigenvalue weighted by molar-refractivity contribution is 0.0926. The predicted molar refractivity (Wildman–Crippen MR) is 126 cm³/mol. The number of pyridine rings is 1. The Labute approximate surface area is 191 Å². The Morgan fingerprint density at radius 3 is 2.58 bits per heavy atom. The summed E-state index contributed by atoms with van der Waals surface area (Å²) in [5.74, 6) is 0.178. The molecule has 0 aliphatic carbocycles. The van der Waals surface area contributed by atoms with E-state index in [0.717, 1.165) is 23.2 Å². The van der Waals surface area contributed by atoms with E-state index in [4.69, 9.17) is 0 Å². The first kappa shape index (κ1) is 22.1. The average molecular weight is 443 g/mol. The highest BCUT2D eigenvalue weighted by Crippen LogP contribution is 2.20. The fourth-order valence-electron chi connectivity index (χ4n) is 3.95. The normalized spacial score (nSPS) is 11.8. The second kappa shape index (κ2) is 9.60. The molecule has 2 N–H and O–H groups in total. The largest absolute Gasteiger partial charge is 0.344 e. The van der Waals surface area contributed by atoms with Crippen molar-refractivity contribution in [1.29, 1.82) is 0 Å². The summed E-state index contributed by atoms with van der Waals surface area (Å²) in [6.07, 6.45) is 2.74. The van der Waals surface area contributed by atoms with Gasteiger partial charge < -0.3 is 10.3 Å². The number of nitrogens with zero attached hydrogens (tertiary/aromatic N) is 4. The molecule has 0 saturated carbocycles. The number of nitrogens with one attached hydrogen (secondary N) is 2. The zero-order chi connectivity index (χ0) is 23.4. The van der Waals surface area contributed by atoms with Crippen LogP contribution in [0.2, 0.25) is 0 Å². The van der Waals surface area contributed by atoms with E-state index in [1.54, 1.807) is 30.1 Å². The zero-order valence-corrected chi connectivity index (χ0v) is 18.9. The maximum absolute atomic E-state index is 13.3. The molecule has 0 fully saturated rings. The van der Waals surface area contributed by atoms with Gasteiger partial charge in [-0.2, -0.15) is 5.10 Å².